The standard InChI is InChI=1S/C24H35N3O8S/c1-15-8-7-9-16(2)19(15)21(29)33-13-23(3,4)24(5,6)14-34-36(31,32)35-27-17-10-11-18(20(25)28)26(12-17)22(27)30/h7-9,17-18H,10-14H2,1-6H3,(H2,25,28)/t17-,18-/m1/s1. The van der Waals surface area contributed by atoms with Crippen LogP contribution in [0.5, 0.6) is 0 Å². The summed E-state index contributed by atoms with van der Waals surface area (Å²) in [5, 5.41) is 0.739. The summed E-state index contributed by atoms with van der Waals surface area (Å²) in [6.45, 7) is 10.8. The molecule has 2 aliphatic heterocycles. The van der Waals surface area contributed by atoms with Crippen molar-refractivity contribution in [2.24, 2.45) is 16.6 Å². The van der Waals surface area contributed by atoms with Gasteiger partial charge in [-0.15, -0.1) is 4.28 Å². The first-order valence-electron chi connectivity index (χ1n) is 11.8. The van der Waals surface area contributed by atoms with Gasteiger partial charge in [0, 0.05) is 12.0 Å². The van der Waals surface area contributed by atoms with Gasteiger partial charge in [0.1, 0.15) is 6.04 Å². The number of hydroxylamine groups is 2. The lowest BCUT2D eigenvalue weighted by Gasteiger charge is -2.40. The molecule has 36 heavy (non-hydrogen) atoms. The van der Waals surface area contributed by atoms with Gasteiger partial charge in [0.15, 0.2) is 0 Å². The molecule has 2 atom stereocenters. The van der Waals surface area contributed by atoms with Crippen molar-refractivity contribution in [3.05, 3.63) is 34.9 Å². The van der Waals surface area contributed by atoms with E-state index < -0.39 is 51.2 Å². The van der Waals surface area contributed by atoms with E-state index in [4.69, 9.17) is 18.9 Å². The number of amides is 3. The number of primary amides is 1. The van der Waals surface area contributed by atoms with Crippen LogP contribution in [0.2, 0.25) is 0 Å². The lowest BCUT2D eigenvalue weighted by atomic mass is 9.69. The SMILES string of the molecule is Cc1cccc(C)c1C(=O)OCC(C)(C)C(C)(C)COS(=O)(=O)ON1C(=O)N2C[C@H]1CC[C@@H]2C(N)=O. The first kappa shape index (κ1) is 27.9. The molecule has 200 valence electrons. The fourth-order valence-corrected chi connectivity index (χ4v) is 5.07. The highest BCUT2D eigenvalue weighted by atomic mass is 32.3. The molecule has 1 aromatic carbocycles. The van der Waals surface area contributed by atoms with E-state index in [0.29, 0.717) is 18.4 Å². The molecule has 2 aliphatic rings. The maximum absolute atomic E-state index is 12.7. The molecule has 0 saturated carbocycles. The predicted octanol–water partition coefficient (Wildman–Crippen LogP) is 2.46. The average molecular weight is 526 g/mol. The molecule has 2 saturated heterocycles. The average Bonchev–Trinajstić information content (AvgIpc) is 3.00. The van der Waals surface area contributed by atoms with Crippen molar-refractivity contribution in [2.75, 3.05) is 19.8 Å². The summed E-state index contributed by atoms with van der Waals surface area (Å²) < 4.78 is 41.0. The first-order chi connectivity index (χ1) is 16.6. The van der Waals surface area contributed by atoms with Gasteiger partial charge >= 0.3 is 22.4 Å². The molecule has 3 rings (SSSR count). The Kier molecular flexibility index (Phi) is 7.73. The molecule has 2 bridgehead atoms. The maximum Gasteiger partial charge on any atom is 0.421 e. The number of rotatable bonds is 10. The van der Waals surface area contributed by atoms with Gasteiger partial charge in [0.25, 0.3) is 0 Å². The van der Waals surface area contributed by atoms with E-state index in [0.717, 1.165) is 16.2 Å². The Hall–Kier alpha value is -2.70. The number of piperidine rings is 1. The van der Waals surface area contributed by atoms with Gasteiger partial charge < -0.3 is 15.4 Å². The van der Waals surface area contributed by atoms with Crippen LogP contribution in [0.1, 0.15) is 62.0 Å². The van der Waals surface area contributed by atoms with Gasteiger partial charge in [-0.25, -0.2) is 13.8 Å². The molecule has 0 aromatic heterocycles. The summed E-state index contributed by atoms with van der Waals surface area (Å²) in [6, 6.07) is 3.47. The number of fused-ring (bicyclic) bond motifs is 2. The lowest BCUT2D eigenvalue weighted by Crippen LogP contribution is -2.47. The van der Waals surface area contributed by atoms with Crippen LogP contribution in [-0.2, 0) is 28.4 Å². The largest absolute Gasteiger partial charge is 0.461 e. The second-order valence-corrected chi connectivity index (χ2v) is 12.0. The van der Waals surface area contributed by atoms with E-state index in [9.17, 15) is 22.8 Å². The Labute approximate surface area is 212 Å². The number of carbonyl (C=O) groups excluding carboxylic acids is 3. The van der Waals surface area contributed by atoms with E-state index in [1.54, 1.807) is 13.8 Å². The highest BCUT2D eigenvalue weighted by Crippen LogP contribution is 2.40. The lowest BCUT2D eigenvalue weighted by molar-refractivity contribution is -0.122. The third-order valence-electron chi connectivity index (χ3n) is 7.47. The van der Waals surface area contributed by atoms with Gasteiger partial charge in [-0.3, -0.25) is 4.79 Å². The number of esters is 1. The normalized spacial score (nSPS) is 20.6. The monoisotopic (exact) mass is 525 g/mol. The van der Waals surface area contributed by atoms with Crippen molar-refractivity contribution in [3.63, 3.8) is 0 Å². The number of benzene rings is 1. The zero-order valence-electron chi connectivity index (χ0n) is 21.6. The molecule has 12 heteroatoms. The van der Waals surface area contributed by atoms with E-state index in [2.05, 4.69) is 0 Å². The fraction of sp³-hybridized carbons (Fsp3) is 0.625. The molecular weight excluding hydrogens is 490 g/mol. The highest BCUT2D eigenvalue weighted by molar-refractivity contribution is 7.81. The number of aryl methyl sites for hydroxylation is 2. The van der Waals surface area contributed by atoms with Crippen molar-refractivity contribution in [1.82, 2.24) is 9.96 Å². The maximum atomic E-state index is 12.7. The highest BCUT2D eigenvalue weighted by Gasteiger charge is 2.49. The summed E-state index contributed by atoms with van der Waals surface area (Å²) in [6.07, 6.45) is 0.699. The van der Waals surface area contributed by atoms with Gasteiger partial charge in [0.05, 0.1) is 24.8 Å². The topological polar surface area (TPSA) is 146 Å². The third kappa shape index (κ3) is 5.65. The number of carbonyl (C=O) groups is 3. The van der Waals surface area contributed by atoms with Gasteiger partial charge in [-0.1, -0.05) is 45.9 Å². The summed E-state index contributed by atoms with van der Waals surface area (Å²) in [5.74, 6) is -1.10. The Morgan fingerprint density at radius 1 is 1.06 bits per heavy atom. The molecule has 0 aliphatic carbocycles. The summed E-state index contributed by atoms with van der Waals surface area (Å²) in [5.41, 5.74) is 6.00. The summed E-state index contributed by atoms with van der Waals surface area (Å²) in [4.78, 5) is 38.1. The van der Waals surface area contributed by atoms with Crippen molar-refractivity contribution in [1.29, 1.82) is 0 Å². The Morgan fingerprint density at radius 3 is 2.22 bits per heavy atom. The van der Waals surface area contributed by atoms with E-state index in [1.807, 2.05) is 45.9 Å². The smallest absolute Gasteiger partial charge is 0.421 e. The predicted molar refractivity (Wildman–Crippen MR) is 130 cm³/mol. The molecule has 11 nitrogen and oxygen atoms in total. The zero-order valence-corrected chi connectivity index (χ0v) is 22.4. The number of hydrogen-bond acceptors (Lipinski definition) is 8. The number of hydrogen-bond donors (Lipinski definition) is 1. The van der Waals surface area contributed by atoms with E-state index in [-0.39, 0.29) is 19.8 Å². The first-order valence-corrected chi connectivity index (χ1v) is 13.1. The zero-order chi connectivity index (χ0) is 27.1. The van der Waals surface area contributed by atoms with Gasteiger partial charge in [-0.05, 0) is 43.2 Å². The van der Waals surface area contributed by atoms with Crippen LogP contribution >= 0.6 is 0 Å². The van der Waals surface area contributed by atoms with Crippen molar-refractivity contribution in [3.8, 4) is 0 Å². The molecule has 0 spiro atoms. The Bertz CT molecular complexity index is 1130. The molecule has 2 N–H and O–H groups in total. The molecule has 2 heterocycles. The fourth-order valence-electron chi connectivity index (χ4n) is 4.21. The summed E-state index contributed by atoms with van der Waals surface area (Å²) in [7, 11) is -4.60. The molecular formula is C24H35N3O8S. The molecule has 3 amide bonds. The van der Waals surface area contributed by atoms with Crippen molar-refractivity contribution >= 4 is 28.3 Å². The number of nitrogens with zero attached hydrogens (tertiary/aromatic N) is 2. The van der Waals surface area contributed by atoms with Crippen LogP contribution in [0.4, 0.5) is 4.79 Å². The van der Waals surface area contributed by atoms with Crippen LogP contribution in [0, 0.1) is 24.7 Å². The number of urea groups is 1. The van der Waals surface area contributed by atoms with Crippen LogP contribution in [0.25, 0.3) is 0 Å². The van der Waals surface area contributed by atoms with Gasteiger partial charge in [-0.2, -0.15) is 13.5 Å². The van der Waals surface area contributed by atoms with Crippen LogP contribution in [0.15, 0.2) is 18.2 Å². The minimum absolute atomic E-state index is 0.0209. The van der Waals surface area contributed by atoms with Crippen LogP contribution in [0.3, 0.4) is 0 Å². The quantitative estimate of drug-likeness (QED) is 0.459. The van der Waals surface area contributed by atoms with Crippen molar-refractivity contribution in [2.45, 2.75) is 66.5 Å². The van der Waals surface area contributed by atoms with Gasteiger partial charge in [0.2, 0.25) is 5.91 Å². The summed E-state index contributed by atoms with van der Waals surface area (Å²) >= 11 is 0. The third-order valence-corrected chi connectivity index (χ3v) is 8.22. The number of nitrogens with two attached hydrogens (primary N) is 1. The molecule has 1 aromatic rings. The van der Waals surface area contributed by atoms with E-state index >= 15 is 0 Å². The number of ether oxygens (including phenoxy) is 1. The Morgan fingerprint density at radius 2 is 1.64 bits per heavy atom. The molecule has 0 radical (unpaired) electrons. The second kappa shape index (κ2) is 9.98. The molecule has 2 fully saturated rings. The minimum Gasteiger partial charge on any atom is -0.461 e. The Balaban J connectivity index is 1.60. The van der Waals surface area contributed by atoms with Crippen LogP contribution < -0.4 is 5.73 Å². The minimum atomic E-state index is -4.60. The molecule has 0 unspecified atom stereocenters. The van der Waals surface area contributed by atoms with E-state index in [1.165, 1.54) is 4.90 Å². The second-order valence-electron chi connectivity index (χ2n) is 10.8. The van der Waals surface area contributed by atoms with Crippen LogP contribution in [-0.4, -0.2) is 68.1 Å². The van der Waals surface area contributed by atoms with Crippen molar-refractivity contribution < 1.29 is 36.0 Å².